The quantitative estimate of drug-likeness (QED) is 0.648. The topological polar surface area (TPSA) is 65.0 Å². The second-order valence-electron chi connectivity index (χ2n) is 4.47. The zero-order valence-corrected chi connectivity index (χ0v) is 10.00. The van der Waals surface area contributed by atoms with Crippen LogP contribution in [0.25, 0.3) is 0 Å². The highest BCUT2D eigenvalue weighted by Gasteiger charge is 2.61. The summed E-state index contributed by atoms with van der Waals surface area (Å²) in [5.74, 6) is -0.946. The summed E-state index contributed by atoms with van der Waals surface area (Å²) >= 11 is 5.94. The lowest BCUT2D eigenvalue weighted by molar-refractivity contribution is -0.187. The Balaban J connectivity index is 2.41. The van der Waals surface area contributed by atoms with E-state index in [0.29, 0.717) is 6.42 Å². The maximum atomic E-state index is 11.7. The van der Waals surface area contributed by atoms with E-state index in [4.69, 9.17) is 21.1 Å². The van der Waals surface area contributed by atoms with Gasteiger partial charge in [-0.2, -0.15) is 0 Å². The lowest BCUT2D eigenvalue weighted by Crippen LogP contribution is -2.65. The molecule has 0 aromatic carbocycles. The fourth-order valence-electron chi connectivity index (χ4n) is 1.96. The van der Waals surface area contributed by atoms with Crippen molar-refractivity contribution in [2.24, 2.45) is 4.99 Å². The number of fused-ring (bicyclic) bond motifs is 2. The number of ether oxygens (including phenoxy) is 2. The van der Waals surface area contributed by atoms with E-state index in [1.807, 2.05) is 0 Å². The minimum absolute atomic E-state index is 0.248. The number of rotatable bonds is 1. The standard InChI is InChI=1S/C10H12ClNO4/c1-5(13)15-6-4-9(2)7(11)12-10(6,3)8(14)16-9/h6H,4H2,1-3H3/t6-,9-,10-/m0/s1. The maximum Gasteiger partial charge on any atom is 0.338 e. The molecule has 3 aliphatic rings. The van der Waals surface area contributed by atoms with Crippen LogP contribution in [0.4, 0.5) is 0 Å². The number of aliphatic imine (C=N–C) groups is 1. The summed E-state index contributed by atoms with van der Waals surface area (Å²) in [7, 11) is 0. The summed E-state index contributed by atoms with van der Waals surface area (Å²) in [4.78, 5) is 26.8. The van der Waals surface area contributed by atoms with Gasteiger partial charge in [-0.1, -0.05) is 11.6 Å². The van der Waals surface area contributed by atoms with Crippen molar-refractivity contribution in [3.63, 3.8) is 0 Å². The molecular weight excluding hydrogens is 234 g/mol. The van der Waals surface area contributed by atoms with Crippen LogP contribution in [0.5, 0.6) is 0 Å². The van der Waals surface area contributed by atoms with Gasteiger partial charge in [0, 0.05) is 13.3 Å². The third kappa shape index (κ3) is 1.42. The smallest absolute Gasteiger partial charge is 0.338 e. The van der Waals surface area contributed by atoms with Crippen LogP contribution in [0.2, 0.25) is 0 Å². The van der Waals surface area contributed by atoms with Gasteiger partial charge in [0.25, 0.3) is 0 Å². The van der Waals surface area contributed by atoms with Crippen LogP contribution in [0.3, 0.4) is 0 Å². The van der Waals surface area contributed by atoms with Crippen LogP contribution in [0, 0.1) is 0 Å². The molecule has 1 saturated heterocycles. The summed E-state index contributed by atoms with van der Waals surface area (Å²) in [6.45, 7) is 4.51. The van der Waals surface area contributed by atoms with Crippen LogP contribution < -0.4 is 0 Å². The largest absolute Gasteiger partial charge is 0.459 e. The minimum atomic E-state index is -1.21. The number of carbonyl (C=O) groups excluding carboxylic acids is 2. The van der Waals surface area contributed by atoms with Crippen LogP contribution in [-0.4, -0.2) is 34.4 Å². The van der Waals surface area contributed by atoms with E-state index in [0.717, 1.165) is 0 Å². The summed E-state index contributed by atoms with van der Waals surface area (Å²) in [6, 6.07) is 0. The predicted octanol–water partition coefficient (Wildman–Crippen LogP) is 1.03. The monoisotopic (exact) mass is 245 g/mol. The molecule has 0 unspecified atom stereocenters. The Morgan fingerprint density at radius 1 is 1.62 bits per heavy atom. The van der Waals surface area contributed by atoms with Gasteiger partial charge in [-0.25, -0.2) is 4.79 Å². The van der Waals surface area contributed by atoms with Gasteiger partial charge in [-0.05, 0) is 13.8 Å². The van der Waals surface area contributed by atoms with Gasteiger partial charge in [0.05, 0.1) is 0 Å². The minimum Gasteiger partial charge on any atom is -0.459 e. The van der Waals surface area contributed by atoms with Crippen LogP contribution in [0.1, 0.15) is 27.2 Å². The molecule has 6 heteroatoms. The third-order valence-electron chi connectivity index (χ3n) is 3.01. The molecule has 3 rings (SSSR count). The lowest BCUT2D eigenvalue weighted by Gasteiger charge is -2.48. The van der Waals surface area contributed by atoms with Crippen molar-refractivity contribution < 1.29 is 19.1 Å². The number of hydrogen-bond donors (Lipinski definition) is 0. The van der Waals surface area contributed by atoms with Crippen LogP contribution in [0.15, 0.2) is 4.99 Å². The first-order valence-corrected chi connectivity index (χ1v) is 5.32. The van der Waals surface area contributed by atoms with Crippen molar-refractivity contribution in [1.29, 1.82) is 0 Å². The molecule has 0 amide bonds. The predicted molar refractivity (Wildman–Crippen MR) is 56.4 cm³/mol. The summed E-state index contributed by atoms with van der Waals surface area (Å²) < 4.78 is 10.3. The van der Waals surface area contributed by atoms with Crippen molar-refractivity contribution in [3.05, 3.63) is 0 Å². The zero-order valence-electron chi connectivity index (χ0n) is 9.24. The number of esters is 2. The van der Waals surface area contributed by atoms with Crippen molar-refractivity contribution in [2.45, 2.75) is 44.4 Å². The molecule has 0 aliphatic carbocycles. The molecule has 0 spiro atoms. The highest BCUT2D eigenvalue weighted by atomic mass is 35.5. The summed E-state index contributed by atoms with van der Waals surface area (Å²) in [5.41, 5.74) is -2.17. The van der Waals surface area contributed by atoms with Crippen molar-refractivity contribution in [2.75, 3.05) is 0 Å². The molecule has 0 aromatic rings. The maximum absolute atomic E-state index is 11.7. The second kappa shape index (κ2) is 3.20. The fourth-order valence-corrected chi connectivity index (χ4v) is 2.25. The van der Waals surface area contributed by atoms with E-state index in [9.17, 15) is 9.59 Å². The van der Waals surface area contributed by atoms with Gasteiger partial charge in [-0.3, -0.25) is 9.79 Å². The lowest BCUT2D eigenvalue weighted by atomic mass is 9.80. The molecule has 88 valence electrons. The second-order valence-corrected chi connectivity index (χ2v) is 4.83. The van der Waals surface area contributed by atoms with E-state index in [-0.39, 0.29) is 5.17 Å². The number of carbonyl (C=O) groups is 2. The highest BCUT2D eigenvalue weighted by molar-refractivity contribution is 6.67. The van der Waals surface area contributed by atoms with Crippen molar-refractivity contribution >= 4 is 28.7 Å². The molecule has 1 fully saturated rings. The zero-order chi connectivity index (χ0) is 12.1. The Morgan fingerprint density at radius 2 is 2.25 bits per heavy atom. The summed E-state index contributed by atoms with van der Waals surface area (Å²) in [5, 5.41) is 0.248. The molecule has 0 saturated carbocycles. The molecule has 3 aliphatic heterocycles. The molecule has 3 heterocycles. The number of halogens is 1. The molecular formula is C10H12ClNO4. The van der Waals surface area contributed by atoms with Gasteiger partial charge < -0.3 is 9.47 Å². The third-order valence-corrected chi connectivity index (χ3v) is 3.49. The Bertz CT molecular complexity index is 408. The Morgan fingerprint density at radius 3 is 2.81 bits per heavy atom. The van der Waals surface area contributed by atoms with Crippen molar-refractivity contribution in [1.82, 2.24) is 0 Å². The molecule has 3 atom stereocenters. The molecule has 0 aromatic heterocycles. The Labute approximate surface area is 97.8 Å². The molecule has 16 heavy (non-hydrogen) atoms. The van der Waals surface area contributed by atoms with Gasteiger partial charge in [0.2, 0.25) is 0 Å². The SMILES string of the molecule is CC(=O)O[C@H]1C[C@]2(C)OC(=O)[C@@]1(C)N=C2Cl. The average Bonchev–Trinajstić information content (AvgIpc) is 2.11. The molecule has 2 bridgehead atoms. The molecule has 0 radical (unpaired) electrons. The summed E-state index contributed by atoms with van der Waals surface area (Å²) in [6.07, 6.45) is -0.268. The Kier molecular flexibility index (Phi) is 2.28. The first-order chi connectivity index (χ1) is 7.28. The van der Waals surface area contributed by atoms with Gasteiger partial charge >= 0.3 is 11.9 Å². The Hall–Kier alpha value is -1.10. The van der Waals surface area contributed by atoms with E-state index in [1.54, 1.807) is 13.8 Å². The number of hydrogen-bond acceptors (Lipinski definition) is 5. The van der Waals surface area contributed by atoms with Gasteiger partial charge in [0.15, 0.2) is 11.1 Å². The average molecular weight is 246 g/mol. The van der Waals surface area contributed by atoms with Crippen LogP contribution in [-0.2, 0) is 19.1 Å². The highest BCUT2D eigenvalue weighted by Crippen LogP contribution is 2.43. The molecule has 5 nitrogen and oxygen atoms in total. The van der Waals surface area contributed by atoms with E-state index >= 15 is 0 Å². The number of nitrogens with zero attached hydrogens (tertiary/aromatic N) is 1. The normalized spacial score (nSPS) is 41.4. The fraction of sp³-hybridized carbons (Fsp3) is 0.700. The van der Waals surface area contributed by atoms with Gasteiger partial charge in [-0.15, -0.1) is 0 Å². The first kappa shape index (κ1) is 11.4. The van der Waals surface area contributed by atoms with E-state index < -0.39 is 29.2 Å². The first-order valence-electron chi connectivity index (χ1n) is 4.94. The van der Waals surface area contributed by atoms with Gasteiger partial charge in [0.1, 0.15) is 11.3 Å². The molecule has 0 N–H and O–H groups in total. The van der Waals surface area contributed by atoms with Crippen molar-refractivity contribution in [3.8, 4) is 0 Å². The van der Waals surface area contributed by atoms with E-state index in [1.165, 1.54) is 6.92 Å². The van der Waals surface area contributed by atoms with Crippen LogP contribution >= 0.6 is 11.6 Å². The van der Waals surface area contributed by atoms with E-state index in [2.05, 4.69) is 4.99 Å².